The number of nitrogens with one attached hydrogen (secondary N) is 1. The standard InChI is InChI=1S/C24H26N2O5/c1-14(21(27)26-13-24(2,3)20(26)22(28)29)25-23(30)31-12-19-17-10-6-4-8-15(17)16-9-5-7-11-18(16)19/h4-11,14,19-20H,12-13H2,1-3H3,(H,25,30)(H,28,29). The van der Waals surface area contributed by atoms with Crippen LogP contribution in [0.3, 0.4) is 0 Å². The van der Waals surface area contributed by atoms with Gasteiger partial charge >= 0.3 is 12.1 Å². The van der Waals surface area contributed by atoms with Gasteiger partial charge in [-0.1, -0.05) is 62.4 Å². The highest BCUT2D eigenvalue weighted by Gasteiger charge is 2.53. The Kier molecular flexibility index (Phi) is 5.21. The third-order valence-corrected chi connectivity index (χ3v) is 6.20. The Hall–Kier alpha value is -3.35. The zero-order chi connectivity index (χ0) is 22.3. The van der Waals surface area contributed by atoms with Crippen molar-refractivity contribution < 1.29 is 24.2 Å². The van der Waals surface area contributed by atoms with Gasteiger partial charge in [0.1, 0.15) is 18.7 Å². The number of alkyl carbamates (subject to hydrolysis) is 1. The van der Waals surface area contributed by atoms with Crippen molar-refractivity contribution in [2.45, 2.75) is 38.8 Å². The first-order valence-electron chi connectivity index (χ1n) is 10.4. The zero-order valence-electron chi connectivity index (χ0n) is 17.8. The summed E-state index contributed by atoms with van der Waals surface area (Å²) in [5.74, 6) is -1.55. The fraction of sp³-hybridized carbons (Fsp3) is 0.375. The molecule has 2 aromatic rings. The van der Waals surface area contributed by atoms with E-state index in [1.54, 1.807) is 13.8 Å². The Labute approximate surface area is 181 Å². The number of nitrogens with zero attached hydrogens (tertiary/aromatic N) is 1. The molecule has 2 N–H and O–H groups in total. The number of carboxylic acid groups (broad SMARTS) is 1. The second-order valence-electron chi connectivity index (χ2n) is 8.89. The van der Waals surface area contributed by atoms with Crippen LogP contribution in [0.25, 0.3) is 11.1 Å². The van der Waals surface area contributed by atoms with Crippen molar-refractivity contribution in [3.63, 3.8) is 0 Å². The van der Waals surface area contributed by atoms with Crippen LogP contribution < -0.4 is 5.32 Å². The first kappa shape index (κ1) is 20.9. The summed E-state index contributed by atoms with van der Waals surface area (Å²) >= 11 is 0. The van der Waals surface area contributed by atoms with E-state index >= 15 is 0 Å². The third kappa shape index (κ3) is 3.65. The predicted octanol–water partition coefficient (Wildman–Crippen LogP) is 3.24. The molecule has 7 nitrogen and oxygen atoms in total. The Morgan fingerprint density at radius 3 is 2.16 bits per heavy atom. The lowest BCUT2D eigenvalue weighted by molar-refractivity contribution is -0.172. The number of fused-ring (bicyclic) bond motifs is 3. The van der Waals surface area contributed by atoms with E-state index in [-0.39, 0.29) is 12.5 Å². The molecule has 0 spiro atoms. The molecule has 0 radical (unpaired) electrons. The number of ether oxygens (including phenoxy) is 1. The molecule has 162 valence electrons. The normalized spacial score (nSPS) is 19.6. The maximum Gasteiger partial charge on any atom is 0.407 e. The van der Waals surface area contributed by atoms with Crippen LogP contribution in [0.4, 0.5) is 4.79 Å². The van der Waals surface area contributed by atoms with E-state index in [4.69, 9.17) is 4.74 Å². The molecule has 2 unspecified atom stereocenters. The van der Waals surface area contributed by atoms with Gasteiger partial charge in [-0.15, -0.1) is 0 Å². The summed E-state index contributed by atoms with van der Waals surface area (Å²) < 4.78 is 5.47. The molecule has 2 aromatic carbocycles. The molecule has 2 atom stereocenters. The van der Waals surface area contributed by atoms with Gasteiger partial charge in [0.25, 0.3) is 0 Å². The molecule has 4 rings (SSSR count). The van der Waals surface area contributed by atoms with Crippen LogP contribution >= 0.6 is 0 Å². The molecule has 7 heteroatoms. The minimum Gasteiger partial charge on any atom is -0.480 e. The van der Waals surface area contributed by atoms with Crippen molar-refractivity contribution in [1.82, 2.24) is 10.2 Å². The van der Waals surface area contributed by atoms with E-state index in [1.165, 1.54) is 11.8 Å². The molecule has 1 heterocycles. The number of hydrogen-bond acceptors (Lipinski definition) is 4. The number of carboxylic acids is 1. The Bertz CT molecular complexity index is 1000. The minimum atomic E-state index is -1.04. The van der Waals surface area contributed by atoms with Crippen LogP contribution in [-0.4, -0.2) is 53.2 Å². The van der Waals surface area contributed by atoms with E-state index in [0.717, 1.165) is 22.3 Å². The Balaban J connectivity index is 1.38. The molecule has 1 aliphatic heterocycles. The van der Waals surface area contributed by atoms with Gasteiger partial charge < -0.3 is 20.1 Å². The number of carbonyl (C=O) groups excluding carboxylic acids is 2. The minimum absolute atomic E-state index is 0.0725. The number of aliphatic carboxylic acids is 1. The van der Waals surface area contributed by atoms with Crippen molar-refractivity contribution >= 4 is 18.0 Å². The zero-order valence-corrected chi connectivity index (χ0v) is 17.8. The summed E-state index contributed by atoms with van der Waals surface area (Å²) in [6.07, 6.45) is -0.700. The van der Waals surface area contributed by atoms with Crippen LogP contribution in [0.2, 0.25) is 0 Å². The first-order chi connectivity index (χ1) is 14.7. The Morgan fingerprint density at radius 2 is 1.65 bits per heavy atom. The number of likely N-dealkylation sites (tertiary alicyclic amines) is 1. The van der Waals surface area contributed by atoms with E-state index < -0.39 is 35.5 Å². The molecule has 1 saturated heterocycles. The second kappa shape index (κ2) is 7.72. The van der Waals surface area contributed by atoms with Crippen molar-refractivity contribution in [2.24, 2.45) is 5.41 Å². The second-order valence-corrected chi connectivity index (χ2v) is 8.89. The number of amides is 2. The van der Waals surface area contributed by atoms with Gasteiger partial charge in [0.05, 0.1) is 0 Å². The van der Waals surface area contributed by atoms with Crippen LogP contribution in [-0.2, 0) is 14.3 Å². The molecule has 0 bridgehead atoms. The first-order valence-corrected chi connectivity index (χ1v) is 10.4. The summed E-state index contributed by atoms with van der Waals surface area (Å²) in [5.41, 5.74) is 3.98. The average Bonchev–Trinajstić information content (AvgIpc) is 3.03. The highest BCUT2D eigenvalue weighted by atomic mass is 16.5. The van der Waals surface area contributed by atoms with Gasteiger partial charge in [0, 0.05) is 17.9 Å². The SMILES string of the molecule is CC(NC(=O)OCC1c2ccccc2-c2ccccc21)C(=O)N1CC(C)(C)C1C(=O)O. The molecular weight excluding hydrogens is 396 g/mol. The van der Waals surface area contributed by atoms with E-state index in [2.05, 4.69) is 17.4 Å². The summed E-state index contributed by atoms with van der Waals surface area (Å²) in [7, 11) is 0. The van der Waals surface area contributed by atoms with E-state index in [0.29, 0.717) is 6.54 Å². The number of hydrogen-bond donors (Lipinski definition) is 2. The lowest BCUT2D eigenvalue weighted by atomic mass is 9.74. The van der Waals surface area contributed by atoms with Gasteiger partial charge in [-0.05, 0) is 29.2 Å². The Morgan fingerprint density at radius 1 is 1.10 bits per heavy atom. The molecule has 1 fully saturated rings. The molecule has 1 aliphatic carbocycles. The van der Waals surface area contributed by atoms with Gasteiger partial charge in [0.2, 0.25) is 5.91 Å². The lowest BCUT2D eigenvalue weighted by Crippen LogP contribution is -2.69. The largest absolute Gasteiger partial charge is 0.480 e. The van der Waals surface area contributed by atoms with E-state index in [9.17, 15) is 19.5 Å². The highest BCUT2D eigenvalue weighted by Crippen LogP contribution is 2.44. The summed E-state index contributed by atoms with van der Waals surface area (Å²) in [5, 5.41) is 12.0. The molecule has 0 saturated carbocycles. The number of benzene rings is 2. The topological polar surface area (TPSA) is 95.9 Å². The van der Waals surface area contributed by atoms with Crippen molar-refractivity contribution in [1.29, 1.82) is 0 Å². The van der Waals surface area contributed by atoms with Gasteiger partial charge in [-0.2, -0.15) is 0 Å². The van der Waals surface area contributed by atoms with Gasteiger partial charge in [0.15, 0.2) is 0 Å². The van der Waals surface area contributed by atoms with E-state index in [1.807, 2.05) is 36.4 Å². The molecular formula is C24H26N2O5. The van der Waals surface area contributed by atoms with Crippen molar-refractivity contribution in [2.75, 3.05) is 13.2 Å². The molecule has 2 aliphatic rings. The number of rotatable bonds is 5. The quantitative estimate of drug-likeness (QED) is 0.771. The predicted molar refractivity (Wildman–Crippen MR) is 115 cm³/mol. The smallest absolute Gasteiger partial charge is 0.407 e. The van der Waals surface area contributed by atoms with Gasteiger partial charge in [-0.25, -0.2) is 9.59 Å². The van der Waals surface area contributed by atoms with Crippen LogP contribution in [0.15, 0.2) is 48.5 Å². The molecule has 2 amide bonds. The third-order valence-electron chi connectivity index (χ3n) is 6.20. The maximum atomic E-state index is 12.6. The maximum absolute atomic E-state index is 12.6. The van der Waals surface area contributed by atoms with Crippen molar-refractivity contribution in [3.8, 4) is 11.1 Å². The fourth-order valence-corrected chi connectivity index (χ4v) is 4.73. The van der Waals surface area contributed by atoms with Crippen LogP contribution in [0, 0.1) is 5.41 Å². The summed E-state index contributed by atoms with van der Waals surface area (Å²) in [6.45, 7) is 5.63. The molecule has 0 aromatic heterocycles. The number of carbonyl (C=O) groups is 3. The summed E-state index contributed by atoms with van der Waals surface area (Å²) in [4.78, 5) is 37.8. The van der Waals surface area contributed by atoms with Crippen molar-refractivity contribution in [3.05, 3.63) is 59.7 Å². The molecule has 31 heavy (non-hydrogen) atoms. The highest BCUT2D eigenvalue weighted by molar-refractivity contribution is 5.91. The average molecular weight is 422 g/mol. The fourth-order valence-electron chi connectivity index (χ4n) is 4.73. The van der Waals surface area contributed by atoms with Gasteiger partial charge in [-0.3, -0.25) is 4.79 Å². The monoisotopic (exact) mass is 422 g/mol. The summed E-state index contributed by atoms with van der Waals surface area (Å²) in [6, 6.07) is 14.3. The van der Waals surface area contributed by atoms with Crippen LogP contribution in [0.5, 0.6) is 0 Å². The lowest BCUT2D eigenvalue weighted by Gasteiger charge is -2.52. The van der Waals surface area contributed by atoms with Crippen LogP contribution in [0.1, 0.15) is 37.8 Å².